The van der Waals surface area contributed by atoms with Crippen LogP contribution in [0, 0.1) is 5.82 Å². The summed E-state index contributed by atoms with van der Waals surface area (Å²) in [5.74, 6) is -0.225. The summed E-state index contributed by atoms with van der Waals surface area (Å²) in [6.07, 6.45) is 1.44. The van der Waals surface area contributed by atoms with E-state index in [1.165, 1.54) is 31.3 Å². The second-order valence-electron chi connectivity index (χ2n) is 4.10. The van der Waals surface area contributed by atoms with Crippen LogP contribution in [0.15, 0.2) is 58.7 Å². The third kappa shape index (κ3) is 2.44. The minimum atomic E-state index is -0.422. The minimum Gasteiger partial charge on any atom is -0.494 e. The molecule has 3 aromatic rings. The van der Waals surface area contributed by atoms with Crippen molar-refractivity contribution in [3.8, 4) is 5.75 Å². The van der Waals surface area contributed by atoms with Gasteiger partial charge in [0.2, 0.25) is 0 Å². The highest BCUT2D eigenvalue weighted by molar-refractivity contribution is 7.99. The molecule has 0 aliphatic rings. The maximum Gasteiger partial charge on any atom is 0.167 e. The van der Waals surface area contributed by atoms with Crippen molar-refractivity contribution in [2.24, 2.45) is 0 Å². The van der Waals surface area contributed by atoms with Crippen molar-refractivity contribution in [3.05, 3.63) is 54.6 Å². The average Bonchev–Trinajstić information content (AvgIpc) is 2.48. The quantitative estimate of drug-likeness (QED) is 0.683. The topological polar surface area (TPSA) is 35.0 Å². The molecule has 0 spiro atoms. The Kier molecular flexibility index (Phi) is 3.52. The van der Waals surface area contributed by atoms with E-state index in [9.17, 15) is 4.39 Å². The molecule has 0 N–H and O–H groups in total. The van der Waals surface area contributed by atoms with Gasteiger partial charge >= 0.3 is 0 Å². The van der Waals surface area contributed by atoms with Crippen LogP contribution in [-0.2, 0) is 0 Å². The molecule has 5 heteroatoms. The van der Waals surface area contributed by atoms with Crippen molar-refractivity contribution in [3.63, 3.8) is 0 Å². The first kappa shape index (κ1) is 12.9. The number of fused-ring (bicyclic) bond motifs is 1. The molecule has 0 saturated heterocycles. The van der Waals surface area contributed by atoms with E-state index in [1.54, 1.807) is 6.07 Å². The predicted octanol–water partition coefficient (Wildman–Crippen LogP) is 3.93. The summed E-state index contributed by atoms with van der Waals surface area (Å²) in [6, 6.07) is 12.9. The highest BCUT2D eigenvalue weighted by Crippen LogP contribution is 2.33. The fourth-order valence-electron chi connectivity index (χ4n) is 1.87. The third-order valence-electron chi connectivity index (χ3n) is 2.83. The molecule has 0 aliphatic heterocycles. The zero-order valence-electron chi connectivity index (χ0n) is 10.7. The van der Waals surface area contributed by atoms with E-state index in [0.717, 1.165) is 15.3 Å². The Balaban J connectivity index is 2.11. The molecule has 0 radical (unpaired) electrons. The van der Waals surface area contributed by atoms with Gasteiger partial charge in [-0.15, -0.1) is 0 Å². The van der Waals surface area contributed by atoms with E-state index in [1.807, 2.05) is 30.3 Å². The summed E-state index contributed by atoms with van der Waals surface area (Å²) in [5, 5.41) is 1.55. The first-order chi connectivity index (χ1) is 9.78. The van der Waals surface area contributed by atoms with Gasteiger partial charge in [-0.1, -0.05) is 30.0 Å². The third-order valence-corrected chi connectivity index (χ3v) is 3.86. The van der Waals surface area contributed by atoms with Crippen LogP contribution in [0.5, 0.6) is 5.75 Å². The molecule has 1 heterocycles. The molecule has 0 amide bonds. The molecule has 0 bridgehead atoms. The van der Waals surface area contributed by atoms with Gasteiger partial charge in [0.05, 0.1) is 12.6 Å². The zero-order valence-corrected chi connectivity index (χ0v) is 11.5. The molecule has 2 aromatic carbocycles. The second-order valence-corrected chi connectivity index (χ2v) is 5.16. The minimum absolute atomic E-state index is 0.196. The van der Waals surface area contributed by atoms with Crippen LogP contribution in [0.1, 0.15) is 0 Å². The number of methoxy groups -OCH3 is 1. The standard InChI is InChI=1S/C15H11FN2OS/c1-19-14-7-11-13(8-12(14)16)17-9-18-15(11)20-10-5-3-2-4-6-10/h2-9H,1H3. The van der Waals surface area contributed by atoms with Gasteiger partial charge in [-0.25, -0.2) is 14.4 Å². The summed E-state index contributed by atoms with van der Waals surface area (Å²) in [5.41, 5.74) is 0.566. The Morgan fingerprint density at radius 2 is 1.90 bits per heavy atom. The number of nitrogens with zero attached hydrogens (tertiary/aromatic N) is 2. The Morgan fingerprint density at radius 3 is 2.65 bits per heavy atom. The molecule has 1 aromatic heterocycles. The zero-order chi connectivity index (χ0) is 13.9. The van der Waals surface area contributed by atoms with Gasteiger partial charge in [0, 0.05) is 16.3 Å². The fourth-order valence-corrected chi connectivity index (χ4v) is 2.76. The second kappa shape index (κ2) is 5.46. The van der Waals surface area contributed by atoms with Crippen molar-refractivity contribution in [1.29, 1.82) is 0 Å². The van der Waals surface area contributed by atoms with E-state index in [2.05, 4.69) is 9.97 Å². The first-order valence-corrected chi connectivity index (χ1v) is 6.81. The van der Waals surface area contributed by atoms with Crippen LogP contribution in [0.3, 0.4) is 0 Å². The Bertz CT molecular complexity index is 749. The Hall–Kier alpha value is -2.14. The van der Waals surface area contributed by atoms with E-state index in [4.69, 9.17) is 4.74 Å². The predicted molar refractivity (Wildman–Crippen MR) is 76.6 cm³/mol. The van der Waals surface area contributed by atoms with Gasteiger partial charge in [0.25, 0.3) is 0 Å². The Morgan fingerprint density at radius 1 is 1.10 bits per heavy atom. The van der Waals surface area contributed by atoms with Gasteiger partial charge in [-0.05, 0) is 18.2 Å². The van der Waals surface area contributed by atoms with Crippen LogP contribution in [0.2, 0.25) is 0 Å². The molecule has 0 fully saturated rings. The number of aromatic nitrogens is 2. The van der Waals surface area contributed by atoms with Gasteiger partial charge in [0.15, 0.2) is 11.6 Å². The number of benzene rings is 2. The van der Waals surface area contributed by atoms with Crippen LogP contribution < -0.4 is 4.74 Å². The molecule has 0 atom stereocenters. The smallest absolute Gasteiger partial charge is 0.167 e. The molecule has 100 valence electrons. The van der Waals surface area contributed by atoms with Crippen LogP contribution >= 0.6 is 11.8 Å². The first-order valence-electron chi connectivity index (χ1n) is 5.99. The lowest BCUT2D eigenvalue weighted by Gasteiger charge is -2.07. The SMILES string of the molecule is COc1cc2c(Sc3ccccc3)ncnc2cc1F. The summed E-state index contributed by atoms with van der Waals surface area (Å²) in [4.78, 5) is 9.45. The number of ether oxygens (including phenoxy) is 1. The monoisotopic (exact) mass is 286 g/mol. The van der Waals surface area contributed by atoms with E-state index in [0.29, 0.717) is 5.52 Å². The highest BCUT2D eigenvalue weighted by Gasteiger charge is 2.11. The molecule has 20 heavy (non-hydrogen) atoms. The van der Waals surface area contributed by atoms with Crippen LogP contribution in [0.4, 0.5) is 4.39 Å². The normalized spacial score (nSPS) is 10.7. The maximum atomic E-state index is 13.7. The van der Waals surface area contributed by atoms with Gasteiger partial charge in [-0.3, -0.25) is 0 Å². The molecule has 0 saturated carbocycles. The molecule has 0 aliphatic carbocycles. The van der Waals surface area contributed by atoms with E-state index < -0.39 is 5.82 Å². The van der Waals surface area contributed by atoms with Crippen molar-refractivity contribution in [2.45, 2.75) is 9.92 Å². The van der Waals surface area contributed by atoms with Crippen LogP contribution in [-0.4, -0.2) is 17.1 Å². The lowest BCUT2D eigenvalue weighted by atomic mass is 10.2. The number of hydrogen-bond acceptors (Lipinski definition) is 4. The molecule has 3 nitrogen and oxygen atoms in total. The summed E-state index contributed by atoms with van der Waals surface area (Å²) in [7, 11) is 1.44. The summed E-state index contributed by atoms with van der Waals surface area (Å²) in [6.45, 7) is 0. The molecular weight excluding hydrogens is 275 g/mol. The lowest BCUT2D eigenvalue weighted by molar-refractivity contribution is 0.387. The molecule has 0 unspecified atom stereocenters. The summed E-state index contributed by atoms with van der Waals surface area (Å²) < 4.78 is 18.7. The summed E-state index contributed by atoms with van der Waals surface area (Å²) >= 11 is 1.51. The number of rotatable bonds is 3. The van der Waals surface area contributed by atoms with Crippen LogP contribution in [0.25, 0.3) is 10.9 Å². The average molecular weight is 286 g/mol. The largest absolute Gasteiger partial charge is 0.494 e. The van der Waals surface area contributed by atoms with Gasteiger partial charge in [-0.2, -0.15) is 0 Å². The maximum absolute atomic E-state index is 13.7. The Labute approximate surface area is 119 Å². The molecular formula is C15H11FN2OS. The van der Waals surface area contributed by atoms with Crippen molar-refractivity contribution in [2.75, 3.05) is 7.11 Å². The van der Waals surface area contributed by atoms with Gasteiger partial charge < -0.3 is 4.74 Å². The molecule has 3 rings (SSSR count). The number of hydrogen-bond donors (Lipinski definition) is 0. The highest BCUT2D eigenvalue weighted by atomic mass is 32.2. The lowest BCUT2D eigenvalue weighted by Crippen LogP contribution is -1.92. The van der Waals surface area contributed by atoms with E-state index >= 15 is 0 Å². The van der Waals surface area contributed by atoms with Crippen molar-refractivity contribution in [1.82, 2.24) is 9.97 Å². The van der Waals surface area contributed by atoms with Crippen molar-refractivity contribution < 1.29 is 9.13 Å². The van der Waals surface area contributed by atoms with Gasteiger partial charge in [0.1, 0.15) is 11.4 Å². The fraction of sp³-hybridized carbons (Fsp3) is 0.0667. The van der Waals surface area contributed by atoms with E-state index in [-0.39, 0.29) is 5.75 Å². The van der Waals surface area contributed by atoms with Crippen molar-refractivity contribution >= 4 is 22.7 Å². The number of halogens is 1.